The minimum Gasteiger partial charge on any atom is -0.325 e. The van der Waals surface area contributed by atoms with Crippen LogP contribution in [0.25, 0.3) is 0 Å². The Morgan fingerprint density at radius 2 is 1.82 bits per heavy atom. The fraction of sp³-hybridized carbons (Fsp3) is 0. The van der Waals surface area contributed by atoms with E-state index in [-0.39, 0.29) is 5.91 Å². The lowest BCUT2D eigenvalue weighted by molar-refractivity contribution is -0.254. The van der Waals surface area contributed by atoms with Gasteiger partial charge in [-0.2, -0.15) is 0 Å². The van der Waals surface area contributed by atoms with Crippen molar-refractivity contribution in [2.24, 2.45) is 0 Å². The third kappa shape index (κ3) is 2.84. The van der Waals surface area contributed by atoms with Crippen LogP contribution in [0.2, 0.25) is 5.02 Å². The van der Waals surface area contributed by atoms with Gasteiger partial charge in [0.15, 0.2) is 0 Å². The lowest BCUT2D eigenvalue weighted by Crippen LogP contribution is -2.40. The average Bonchev–Trinajstić information content (AvgIpc) is 2.33. The third-order valence-electron chi connectivity index (χ3n) is 2.31. The van der Waals surface area contributed by atoms with Crippen LogP contribution >= 0.6 is 11.6 Å². The number of halogens is 1. The van der Waals surface area contributed by atoms with Crippen molar-refractivity contribution in [1.82, 2.24) is 0 Å². The van der Waals surface area contributed by atoms with E-state index in [9.17, 15) is 4.79 Å². The Labute approximate surface area is 104 Å². The fourth-order valence-electron chi connectivity index (χ4n) is 1.47. The molecule has 0 aliphatic heterocycles. The first-order valence-corrected chi connectivity index (χ1v) is 5.52. The molecule has 2 aromatic rings. The molecule has 0 unspecified atom stereocenters. The number of quaternary nitrogens is 1. The Morgan fingerprint density at radius 3 is 2.53 bits per heavy atom. The number of hydrogen-bond acceptors (Lipinski definition) is 1. The number of anilines is 1. The van der Waals surface area contributed by atoms with E-state index in [4.69, 9.17) is 11.6 Å². The lowest BCUT2D eigenvalue weighted by Gasteiger charge is -2.06. The van der Waals surface area contributed by atoms with Crippen LogP contribution in [0.5, 0.6) is 0 Å². The summed E-state index contributed by atoms with van der Waals surface area (Å²) in [5.41, 5.74) is 5.70. The standard InChI is InChI=1S/C13H11ClN2O/c14-12-7-6-9(15)8-11(12)13(17)16-10-4-2-1-3-5-10/h1-8H,15H2,(H,16,17)/p+1. The second-order valence-corrected chi connectivity index (χ2v) is 4.04. The zero-order valence-electron chi connectivity index (χ0n) is 9.11. The Hall–Kier alpha value is -1.84. The molecule has 86 valence electrons. The quantitative estimate of drug-likeness (QED) is 0.842. The highest BCUT2D eigenvalue weighted by Crippen LogP contribution is 2.19. The van der Waals surface area contributed by atoms with Crippen molar-refractivity contribution in [3.05, 3.63) is 59.1 Å². The molecule has 0 fully saturated rings. The number of carbonyl (C=O) groups excluding carboxylic acids is 1. The largest absolute Gasteiger partial charge is 0.325 e. The predicted octanol–water partition coefficient (Wildman–Crippen LogP) is 2.47. The number of rotatable bonds is 2. The maximum Gasteiger partial charge on any atom is 0.257 e. The van der Waals surface area contributed by atoms with E-state index in [1.165, 1.54) is 0 Å². The van der Waals surface area contributed by atoms with E-state index in [1.807, 2.05) is 30.3 Å². The highest BCUT2D eigenvalue weighted by Gasteiger charge is 2.11. The van der Waals surface area contributed by atoms with Gasteiger partial charge in [0.2, 0.25) is 0 Å². The molecule has 0 aromatic heterocycles. The van der Waals surface area contributed by atoms with Gasteiger partial charge in [-0.05, 0) is 18.2 Å². The van der Waals surface area contributed by atoms with Crippen molar-refractivity contribution in [1.29, 1.82) is 0 Å². The van der Waals surface area contributed by atoms with Gasteiger partial charge in [0.05, 0.1) is 10.6 Å². The summed E-state index contributed by atoms with van der Waals surface area (Å²) >= 11 is 5.97. The van der Waals surface area contributed by atoms with Crippen molar-refractivity contribution >= 4 is 28.9 Å². The summed E-state index contributed by atoms with van der Waals surface area (Å²) in [5.74, 6) is -0.230. The molecule has 4 heteroatoms. The van der Waals surface area contributed by atoms with Crippen LogP contribution in [-0.4, -0.2) is 5.91 Å². The van der Waals surface area contributed by atoms with Crippen LogP contribution < -0.4 is 11.1 Å². The molecular formula is C13H12ClN2O+. The Balaban J connectivity index is 2.23. The van der Waals surface area contributed by atoms with Crippen LogP contribution in [0.1, 0.15) is 10.4 Å². The van der Waals surface area contributed by atoms with Crippen LogP contribution in [-0.2, 0) is 0 Å². The molecule has 0 heterocycles. The molecular weight excluding hydrogens is 236 g/mol. The minimum atomic E-state index is -0.230. The first kappa shape index (κ1) is 11.6. The van der Waals surface area contributed by atoms with Gasteiger partial charge < -0.3 is 11.1 Å². The van der Waals surface area contributed by atoms with Gasteiger partial charge in [-0.25, -0.2) is 0 Å². The fourth-order valence-corrected chi connectivity index (χ4v) is 1.67. The molecule has 0 radical (unpaired) electrons. The number of para-hydroxylation sites is 1. The second kappa shape index (κ2) is 4.99. The molecule has 4 N–H and O–H groups in total. The second-order valence-electron chi connectivity index (χ2n) is 3.63. The maximum absolute atomic E-state index is 12.0. The van der Waals surface area contributed by atoms with Gasteiger partial charge in [-0.1, -0.05) is 29.8 Å². The summed E-state index contributed by atoms with van der Waals surface area (Å²) in [4.78, 5) is 12.0. The first-order chi connectivity index (χ1) is 8.16. The molecule has 0 atom stereocenters. The molecule has 0 saturated heterocycles. The normalized spacial score (nSPS) is 10.0. The SMILES string of the molecule is [NH3+]c1ccc(Cl)c(C(=O)Nc2ccccc2)c1. The highest BCUT2D eigenvalue weighted by atomic mass is 35.5. The van der Waals surface area contributed by atoms with Crippen molar-refractivity contribution in [2.45, 2.75) is 0 Å². The zero-order chi connectivity index (χ0) is 12.3. The topological polar surface area (TPSA) is 56.7 Å². The molecule has 0 aliphatic rings. The minimum absolute atomic E-state index is 0.230. The van der Waals surface area contributed by atoms with E-state index in [0.717, 1.165) is 11.4 Å². The smallest absolute Gasteiger partial charge is 0.257 e. The van der Waals surface area contributed by atoms with Gasteiger partial charge >= 0.3 is 0 Å². The van der Waals surface area contributed by atoms with E-state index >= 15 is 0 Å². The van der Waals surface area contributed by atoms with E-state index in [2.05, 4.69) is 11.1 Å². The van der Waals surface area contributed by atoms with Crippen LogP contribution in [0.4, 0.5) is 11.4 Å². The van der Waals surface area contributed by atoms with E-state index in [1.54, 1.807) is 18.2 Å². The molecule has 17 heavy (non-hydrogen) atoms. The van der Waals surface area contributed by atoms with Crippen molar-refractivity contribution < 1.29 is 10.5 Å². The van der Waals surface area contributed by atoms with Crippen LogP contribution in [0.15, 0.2) is 48.5 Å². The average molecular weight is 248 g/mol. The molecule has 2 aromatic carbocycles. The molecule has 0 saturated carbocycles. The highest BCUT2D eigenvalue weighted by molar-refractivity contribution is 6.34. The molecule has 0 aliphatic carbocycles. The summed E-state index contributed by atoms with van der Waals surface area (Å²) in [6.45, 7) is 0. The first-order valence-electron chi connectivity index (χ1n) is 5.15. The monoisotopic (exact) mass is 247 g/mol. The summed E-state index contributed by atoms with van der Waals surface area (Å²) in [7, 11) is 0. The van der Waals surface area contributed by atoms with E-state index < -0.39 is 0 Å². The maximum atomic E-state index is 12.0. The van der Waals surface area contributed by atoms with E-state index in [0.29, 0.717) is 10.6 Å². The van der Waals surface area contributed by atoms with Crippen molar-refractivity contribution in [3.8, 4) is 0 Å². The number of benzene rings is 2. The molecule has 0 spiro atoms. The van der Waals surface area contributed by atoms with Crippen molar-refractivity contribution in [2.75, 3.05) is 5.32 Å². The zero-order valence-corrected chi connectivity index (χ0v) is 9.87. The van der Waals surface area contributed by atoms with Crippen molar-refractivity contribution in [3.63, 3.8) is 0 Å². The molecule has 0 bridgehead atoms. The summed E-state index contributed by atoms with van der Waals surface area (Å²) in [5, 5.41) is 3.20. The summed E-state index contributed by atoms with van der Waals surface area (Å²) in [6.07, 6.45) is 0. The van der Waals surface area contributed by atoms with Crippen LogP contribution in [0, 0.1) is 0 Å². The number of carbonyl (C=O) groups is 1. The Morgan fingerprint density at radius 1 is 1.12 bits per heavy atom. The molecule has 1 amide bonds. The molecule has 3 nitrogen and oxygen atoms in total. The predicted molar refractivity (Wildman–Crippen MR) is 68.4 cm³/mol. The number of hydrogen-bond donors (Lipinski definition) is 2. The lowest BCUT2D eigenvalue weighted by atomic mass is 10.2. The van der Waals surface area contributed by atoms with Crippen LogP contribution in [0.3, 0.4) is 0 Å². The Bertz CT molecular complexity index is 540. The van der Waals surface area contributed by atoms with Gasteiger partial charge in [-0.15, -0.1) is 0 Å². The summed E-state index contributed by atoms with van der Waals surface area (Å²) < 4.78 is 0. The number of amides is 1. The van der Waals surface area contributed by atoms with Gasteiger partial charge in [0.25, 0.3) is 5.91 Å². The Kier molecular flexibility index (Phi) is 3.42. The van der Waals surface area contributed by atoms with Gasteiger partial charge in [-0.3, -0.25) is 4.79 Å². The van der Waals surface area contributed by atoms with Gasteiger partial charge in [0.1, 0.15) is 5.69 Å². The molecule has 2 rings (SSSR count). The summed E-state index contributed by atoms with van der Waals surface area (Å²) in [6, 6.07) is 14.3. The number of nitrogens with one attached hydrogen (secondary N) is 1. The third-order valence-corrected chi connectivity index (χ3v) is 2.64. The van der Waals surface area contributed by atoms with Gasteiger partial charge in [0, 0.05) is 17.8 Å².